The predicted octanol–water partition coefficient (Wildman–Crippen LogP) is 0.846. The lowest BCUT2D eigenvalue weighted by Gasteiger charge is -2.46. The minimum atomic E-state index is -2.03. The van der Waals surface area contributed by atoms with Crippen molar-refractivity contribution in [2.24, 2.45) is 5.73 Å². The number of carbonyl (C=O) groups is 5. The Morgan fingerprint density at radius 2 is 1.56 bits per heavy atom. The zero-order valence-corrected chi connectivity index (χ0v) is 20.1. The number of carbonyl (C=O) groups excluding carboxylic acids is 5. The maximum Gasteiger partial charge on any atom is 0.308 e. The van der Waals surface area contributed by atoms with Gasteiger partial charge in [-0.05, 0) is 11.6 Å². The maximum atomic E-state index is 12.0. The van der Waals surface area contributed by atoms with Gasteiger partial charge in [-0.25, -0.2) is 0 Å². The standard InChI is InChI=1S/C23H25NO12/c1-10(25)30-9-18-21(34-13(4)28)20(24)22(35-14(5)29)23(36-18)19-15(8-31-23)6-16(32-11(2)26)7-17(19)33-12(3)27/h6-7,9,20-22H,8,24H2,1-5H3/b18-9+/t20-,21+,22+,23-/m0/s1. The first kappa shape index (κ1) is 26.6. The zero-order chi connectivity index (χ0) is 26.8. The van der Waals surface area contributed by atoms with Gasteiger partial charge in [0, 0.05) is 40.7 Å². The lowest BCUT2D eigenvalue weighted by Crippen LogP contribution is -2.63. The van der Waals surface area contributed by atoms with E-state index in [1.54, 1.807) is 0 Å². The highest BCUT2D eigenvalue weighted by atomic mass is 16.7. The SMILES string of the molecule is CC(=O)O/C=C1/O[C@]2(OCc3cc(OC(C)=O)cc(OC(C)=O)c32)[C@H](OC(C)=O)[C@@H](N)[C@@H]1OC(C)=O. The van der Waals surface area contributed by atoms with Crippen molar-refractivity contribution in [2.45, 2.75) is 65.3 Å². The molecule has 36 heavy (non-hydrogen) atoms. The third-order valence-electron chi connectivity index (χ3n) is 5.01. The summed E-state index contributed by atoms with van der Waals surface area (Å²) in [6.07, 6.45) is -1.90. The minimum absolute atomic E-state index is 0.0516. The quantitative estimate of drug-likeness (QED) is 0.257. The summed E-state index contributed by atoms with van der Waals surface area (Å²) in [4.78, 5) is 58.7. The molecule has 1 aromatic carbocycles. The van der Waals surface area contributed by atoms with Crippen LogP contribution in [0.15, 0.2) is 24.2 Å². The Kier molecular flexibility index (Phi) is 7.65. The summed E-state index contributed by atoms with van der Waals surface area (Å²) in [5.41, 5.74) is 6.86. The molecule has 13 heteroatoms. The van der Waals surface area contributed by atoms with Crippen LogP contribution in [-0.2, 0) is 60.1 Å². The topological polar surface area (TPSA) is 176 Å². The second-order valence-corrected chi connectivity index (χ2v) is 7.97. The Hall–Kier alpha value is -3.97. The number of benzene rings is 1. The Morgan fingerprint density at radius 1 is 0.917 bits per heavy atom. The van der Waals surface area contributed by atoms with Crippen LogP contribution in [0, 0.1) is 0 Å². The Morgan fingerprint density at radius 3 is 2.11 bits per heavy atom. The summed E-state index contributed by atoms with van der Waals surface area (Å²) in [5.74, 6) is -5.91. The van der Waals surface area contributed by atoms with Gasteiger partial charge in [0.15, 0.2) is 18.0 Å². The van der Waals surface area contributed by atoms with Gasteiger partial charge < -0.3 is 38.9 Å². The van der Waals surface area contributed by atoms with Gasteiger partial charge in [0.25, 0.3) is 5.79 Å². The number of rotatable bonds is 5. The molecule has 2 N–H and O–H groups in total. The molecule has 0 bridgehead atoms. The van der Waals surface area contributed by atoms with Crippen LogP contribution < -0.4 is 15.2 Å². The molecule has 2 heterocycles. The second-order valence-electron chi connectivity index (χ2n) is 7.97. The molecule has 1 aromatic rings. The van der Waals surface area contributed by atoms with Gasteiger partial charge in [0.05, 0.1) is 18.2 Å². The first-order valence-electron chi connectivity index (χ1n) is 10.7. The molecule has 0 radical (unpaired) electrons. The largest absolute Gasteiger partial charge is 0.453 e. The summed E-state index contributed by atoms with van der Waals surface area (Å²) in [5, 5.41) is 0. The van der Waals surface area contributed by atoms with Gasteiger partial charge in [-0.15, -0.1) is 0 Å². The van der Waals surface area contributed by atoms with Gasteiger partial charge in [-0.2, -0.15) is 0 Å². The van der Waals surface area contributed by atoms with Crippen molar-refractivity contribution in [2.75, 3.05) is 0 Å². The number of esters is 5. The van der Waals surface area contributed by atoms with Crippen molar-refractivity contribution in [1.29, 1.82) is 0 Å². The van der Waals surface area contributed by atoms with E-state index < -0.39 is 53.9 Å². The molecular formula is C23H25NO12. The van der Waals surface area contributed by atoms with E-state index in [-0.39, 0.29) is 29.4 Å². The minimum Gasteiger partial charge on any atom is -0.453 e. The van der Waals surface area contributed by atoms with E-state index in [0.29, 0.717) is 5.56 Å². The van der Waals surface area contributed by atoms with Crippen LogP contribution in [0.2, 0.25) is 0 Å². The first-order valence-corrected chi connectivity index (χ1v) is 10.7. The molecule has 3 rings (SSSR count). The number of fused-ring (bicyclic) bond motifs is 2. The van der Waals surface area contributed by atoms with Crippen LogP contribution in [0.5, 0.6) is 11.5 Å². The molecule has 1 saturated heterocycles. The molecule has 13 nitrogen and oxygen atoms in total. The van der Waals surface area contributed by atoms with E-state index >= 15 is 0 Å². The normalized spacial score (nSPS) is 25.4. The molecule has 0 aromatic heterocycles. The average molecular weight is 507 g/mol. The molecule has 1 spiro atoms. The van der Waals surface area contributed by atoms with Crippen LogP contribution >= 0.6 is 0 Å². The molecule has 2 aliphatic rings. The number of hydrogen-bond acceptors (Lipinski definition) is 13. The predicted molar refractivity (Wildman–Crippen MR) is 116 cm³/mol. The summed E-state index contributed by atoms with van der Waals surface area (Å²) in [7, 11) is 0. The van der Waals surface area contributed by atoms with Crippen LogP contribution in [0.1, 0.15) is 45.7 Å². The molecule has 0 saturated carbocycles. The maximum absolute atomic E-state index is 12.0. The van der Waals surface area contributed by atoms with Crippen molar-refractivity contribution >= 4 is 29.8 Å². The van der Waals surface area contributed by atoms with E-state index in [4.69, 9.17) is 38.9 Å². The van der Waals surface area contributed by atoms with Crippen LogP contribution in [0.3, 0.4) is 0 Å². The lowest BCUT2D eigenvalue weighted by atomic mass is 9.87. The fourth-order valence-electron chi connectivity index (χ4n) is 3.95. The number of nitrogens with two attached hydrogens (primary N) is 1. The number of hydrogen-bond donors (Lipinski definition) is 1. The van der Waals surface area contributed by atoms with Gasteiger partial charge in [0.2, 0.25) is 0 Å². The highest BCUT2D eigenvalue weighted by molar-refractivity contribution is 5.73. The van der Waals surface area contributed by atoms with Crippen molar-refractivity contribution in [3.05, 3.63) is 35.3 Å². The summed E-state index contributed by atoms with van der Waals surface area (Å²) in [6.45, 7) is 5.54. The Bertz CT molecular complexity index is 1140. The summed E-state index contributed by atoms with van der Waals surface area (Å²) >= 11 is 0. The highest BCUT2D eigenvalue weighted by Gasteiger charge is 2.62. The fourth-order valence-corrected chi connectivity index (χ4v) is 3.95. The molecule has 4 atom stereocenters. The zero-order valence-electron chi connectivity index (χ0n) is 20.1. The molecule has 194 valence electrons. The van der Waals surface area contributed by atoms with Gasteiger partial charge in [-0.3, -0.25) is 24.0 Å². The van der Waals surface area contributed by atoms with Crippen molar-refractivity contribution in [3.63, 3.8) is 0 Å². The van der Waals surface area contributed by atoms with E-state index in [9.17, 15) is 24.0 Å². The van der Waals surface area contributed by atoms with Crippen LogP contribution in [0.25, 0.3) is 0 Å². The van der Waals surface area contributed by atoms with Gasteiger partial charge in [-0.1, -0.05) is 0 Å². The Balaban J connectivity index is 2.24. The third-order valence-corrected chi connectivity index (χ3v) is 5.01. The molecule has 1 fully saturated rings. The third kappa shape index (κ3) is 5.47. The van der Waals surface area contributed by atoms with Crippen molar-refractivity contribution in [1.82, 2.24) is 0 Å². The molecule has 0 unspecified atom stereocenters. The monoisotopic (exact) mass is 507 g/mol. The molecule has 0 aliphatic carbocycles. The van der Waals surface area contributed by atoms with Crippen LogP contribution in [0.4, 0.5) is 0 Å². The average Bonchev–Trinajstić information content (AvgIpc) is 3.09. The summed E-state index contributed by atoms with van der Waals surface area (Å²) in [6, 6.07) is 1.41. The van der Waals surface area contributed by atoms with E-state index in [1.807, 2.05) is 0 Å². The fraction of sp³-hybridized carbons (Fsp3) is 0.435. The number of ether oxygens (including phenoxy) is 7. The lowest BCUT2D eigenvalue weighted by molar-refractivity contribution is -0.305. The van der Waals surface area contributed by atoms with Gasteiger partial charge in [0.1, 0.15) is 17.8 Å². The first-order chi connectivity index (χ1) is 16.8. The highest BCUT2D eigenvalue weighted by Crippen LogP contribution is 2.52. The molecular weight excluding hydrogens is 482 g/mol. The molecule has 2 aliphatic heterocycles. The molecule has 0 amide bonds. The van der Waals surface area contributed by atoms with E-state index in [0.717, 1.165) is 34.0 Å². The van der Waals surface area contributed by atoms with Crippen molar-refractivity contribution in [3.8, 4) is 11.5 Å². The van der Waals surface area contributed by atoms with E-state index in [1.165, 1.54) is 19.1 Å². The second kappa shape index (κ2) is 10.3. The van der Waals surface area contributed by atoms with Crippen LogP contribution in [-0.4, -0.2) is 48.1 Å². The summed E-state index contributed by atoms with van der Waals surface area (Å²) < 4.78 is 38.2. The smallest absolute Gasteiger partial charge is 0.308 e. The van der Waals surface area contributed by atoms with Crippen molar-refractivity contribution < 1.29 is 57.1 Å². The Labute approximate surface area is 205 Å². The van der Waals surface area contributed by atoms with Gasteiger partial charge >= 0.3 is 29.8 Å². The van der Waals surface area contributed by atoms with E-state index in [2.05, 4.69) is 0 Å².